The summed E-state index contributed by atoms with van der Waals surface area (Å²) in [6.07, 6.45) is 9.98. The highest BCUT2D eigenvalue weighted by Gasteiger charge is 2.45. The Hall–Kier alpha value is -0.630. The van der Waals surface area contributed by atoms with Crippen LogP contribution in [-0.2, 0) is 0 Å². The van der Waals surface area contributed by atoms with Gasteiger partial charge >= 0.3 is 0 Å². The third-order valence-electron chi connectivity index (χ3n) is 6.13. The van der Waals surface area contributed by atoms with Crippen LogP contribution in [0.2, 0.25) is 0 Å². The van der Waals surface area contributed by atoms with Crippen molar-refractivity contribution in [2.75, 3.05) is 26.2 Å². The van der Waals surface area contributed by atoms with Crippen molar-refractivity contribution in [2.45, 2.75) is 75.0 Å². The number of nitrogens with zero attached hydrogens (tertiary/aromatic N) is 3. The SMILES string of the molecule is N#CC1(NC2CC2)CCC(N2CCC(N3CCCC3)C2)C1. The number of hydrogen-bond donors (Lipinski definition) is 1. The van der Waals surface area contributed by atoms with Crippen LogP contribution in [0.15, 0.2) is 0 Å². The van der Waals surface area contributed by atoms with Gasteiger partial charge in [0.05, 0.1) is 6.07 Å². The van der Waals surface area contributed by atoms with Crippen LogP contribution in [0.1, 0.15) is 51.4 Å². The van der Waals surface area contributed by atoms with Crippen molar-refractivity contribution in [3.63, 3.8) is 0 Å². The summed E-state index contributed by atoms with van der Waals surface area (Å²) in [5.74, 6) is 0. The summed E-state index contributed by atoms with van der Waals surface area (Å²) in [5.41, 5.74) is -0.211. The van der Waals surface area contributed by atoms with Crippen molar-refractivity contribution in [3.05, 3.63) is 0 Å². The van der Waals surface area contributed by atoms with Crippen molar-refractivity contribution in [3.8, 4) is 6.07 Å². The van der Waals surface area contributed by atoms with Gasteiger partial charge in [0, 0.05) is 31.2 Å². The molecule has 0 radical (unpaired) electrons. The highest BCUT2D eigenvalue weighted by atomic mass is 15.3. The first-order chi connectivity index (χ1) is 10.3. The van der Waals surface area contributed by atoms with Crippen LogP contribution in [0, 0.1) is 11.3 Å². The topological polar surface area (TPSA) is 42.3 Å². The highest BCUT2D eigenvalue weighted by molar-refractivity contribution is 5.16. The molecule has 4 heteroatoms. The zero-order valence-electron chi connectivity index (χ0n) is 13.1. The van der Waals surface area contributed by atoms with Gasteiger partial charge in [-0.15, -0.1) is 0 Å². The van der Waals surface area contributed by atoms with Crippen molar-refractivity contribution < 1.29 is 0 Å². The van der Waals surface area contributed by atoms with Gasteiger partial charge in [-0.25, -0.2) is 0 Å². The van der Waals surface area contributed by atoms with Crippen LogP contribution in [0.5, 0.6) is 0 Å². The Balaban J connectivity index is 1.34. The van der Waals surface area contributed by atoms with Crippen molar-refractivity contribution in [1.29, 1.82) is 5.26 Å². The maximum atomic E-state index is 9.64. The zero-order valence-corrected chi connectivity index (χ0v) is 13.1. The highest BCUT2D eigenvalue weighted by Crippen LogP contribution is 2.37. The minimum atomic E-state index is -0.211. The van der Waals surface area contributed by atoms with Crippen LogP contribution in [0.25, 0.3) is 0 Å². The molecule has 3 unspecified atom stereocenters. The number of nitriles is 1. The molecule has 0 aromatic heterocycles. The Bertz CT molecular complexity index is 421. The fourth-order valence-electron chi connectivity index (χ4n) is 4.72. The Morgan fingerprint density at radius 3 is 2.48 bits per heavy atom. The predicted molar refractivity (Wildman–Crippen MR) is 82.9 cm³/mol. The van der Waals surface area contributed by atoms with Crippen LogP contribution >= 0.6 is 0 Å². The minimum Gasteiger partial charge on any atom is -0.299 e. The predicted octanol–water partition coefficient (Wildman–Crippen LogP) is 1.72. The molecule has 2 aliphatic heterocycles. The van der Waals surface area contributed by atoms with E-state index in [1.807, 2.05) is 0 Å². The van der Waals surface area contributed by atoms with Crippen molar-refractivity contribution in [1.82, 2.24) is 15.1 Å². The third kappa shape index (κ3) is 2.84. The first-order valence-corrected chi connectivity index (χ1v) is 8.95. The molecule has 4 rings (SSSR count). The van der Waals surface area contributed by atoms with E-state index in [1.54, 1.807) is 0 Å². The van der Waals surface area contributed by atoms with Gasteiger partial charge in [-0.05, 0) is 64.5 Å². The Morgan fingerprint density at radius 2 is 1.76 bits per heavy atom. The van der Waals surface area contributed by atoms with E-state index in [9.17, 15) is 5.26 Å². The lowest BCUT2D eigenvalue weighted by molar-refractivity contribution is 0.196. The molecule has 0 amide bonds. The lowest BCUT2D eigenvalue weighted by Gasteiger charge is -2.28. The molecule has 2 saturated heterocycles. The molecule has 2 aliphatic carbocycles. The maximum absolute atomic E-state index is 9.64. The molecule has 2 heterocycles. The van der Waals surface area contributed by atoms with Gasteiger partial charge in [0.15, 0.2) is 0 Å². The summed E-state index contributed by atoms with van der Waals surface area (Å²) in [4.78, 5) is 5.39. The quantitative estimate of drug-likeness (QED) is 0.855. The maximum Gasteiger partial charge on any atom is 0.108 e. The van der Waals surface area contributed by atoms with E-state index in [0.717, 1.165) is 18.9 Å². The molecule has 2 saturated carbocycles. The summed E-state index contributed by atoms with van der Waals surface area (Å²) in [6.45, 7) is 5.12. The standard InChI is InChI=1S/C17H28N4/c18-13-17(19-14-3-4-14)7-5-15(11-17)21-10-6-16(12-21)20-8-1-2-9-20/h14-16,19H,1-12H2. The lowest BCUT2D eigenvalue weighted by Crippen LogP contribution is -2.45. The largest absolute Gasteiger partial charge is 0.299 e. The van der Waals surface area contributed by atoms with Gasteiger partial charge in [0.25, 0.3) is 0 Å². The molecule has 0 spiro atoms. The van der Waals surface area contributed by atoms with Gasteiger partial charge in [-0.1, -0.05) is 0 Å². The molecule has 4 nitrogen and oxygen atoms in total. The monoisotopic (exact) mass is 288 g/mol. The summed E-state index contributed by atoms with van der Waals surface area (Å²) in [6, 6.07) is 4.69. The van der Waals surface area contributed by atoms with Gasteiger partial charge in [-0.3, -0.25) is 15.1 Å². The van der Waals surface area contributed by atoms with Gasteiger partial charge in [0.1, 0.15) is 5.54 Å². The third-order valence-corrected chi connectivity index (χ3v) is 6.13. The molecular formula is C17H28N4. The first-order valence-electron chi connectivity index (χ1n) is 8.95. The summed E-state index contributed by atoms with van der Waals surface area (Å²) in [7, 11) is 0. The molecule has 21 heavy (non-hydrogen) atoms. The van der Waals surface area contributed by atoms with Gasteiger partial charge in [0.2, 0.25) is 0 Å². The molecule has 4 fully saturated rings. The lowest BCUT2D eigenvalue weighted by atomic mass is 9.99. The van der Waals surface area contributed by atoms with E-state index in [2.05, 4.69) is 21.2 Å². The van der Waals surface area contributed by atoms with E-state index in [0.29, 0.717) is 12.1 Å². The second-order valence-corrected chi connectivity index (χ2v) is 7.69. The van der Waals surface area contributed by atoms with Crippen LogP contribution in [-0.4, -0.2) is 59.6 Å². The number of likely N-dealkylation sites (tertiary alicyclic amines) is 2. The van der Waals surface area contributed by atoms with Crippen LogP contribution in [0.3, 0.4) is 0 Å². The van der Waals surface area contributed by atoms with Crippen LogP contribution in [0.4, 0.5) is 0 Å². The van der Waals surface area contributed by atoms with E-state index < -0.39 is 0 Å². The molecule has 0 aromatic rings. The first kappa shape index (κ1) is 14.0. The second kappa shape index (κ2) is 5.53. The average Bonchev–Trinajstić information content (AvgIpc) is 2.97. The smallest absolute Gasteiger partial charge is 0.108 e. The fraction of sp³-hybridized carbons (Fsp3) is 0.941. The van der Waals surface area contributed by atoms with E-state index in [-0.39, 0.29) is 5.54 Å². The summed E-state index contributed by atoms with van der Waals surface area (Å²) in [5, 5.41) is 13.3. The fourth-order valence-corrected chi connectivity index (χ4v) is 4.72. The molecule has 0 aromatic carbocycles. The Labute approximate surface area is 128 Å². The molecule has 0 bridgehead atoms. The van der Waals surface area contributed by atoms with E-state index in [4.69, 9.17) is 0 Å². The zero-order chi connectivity index (χ0) is 14.3. The van der Waals surface area contributed by atoms with Crippen LogP contribution < -0.4 is 5.32 Å². The number of hydrogen-bond acceptors (Lipinski definition) is 4. The Morgan fingerprint density at radius 1 is 0.952 bits per heavy atom. The molecule has 1 N–H and O–H groups in total. The van der Waals surface area contributed by atoms with E-state index >= 15 is 0 Å². The average molecular weight is 288 g/mol. The number of rotatable bonds is 4. The molecule has 3 atom stereocenters. The van der Waals surface area contributed by atoms with E-state index in [1.165, 1.54) is 64.7 Å². The number of nitrogens with one attached hydrogen (secondary N) is 1. The molecular weight excluding hydrogens is 260 g/mol. The molecule has 116 valence electrons. The molecule has 4 aliphatic rings. The van der Waals surface area contributed by atoms with Gasteiger partial charge < -0.3 is 0 Å². The summed E-state index contributed by atoms with van der Waals surface area (Å²) >= 11 is 0. The van der Waals surface area contributed by atoms with Gasteiger partial charge in [-0.2, -0.15) is 5.26 Å². The Kier molecular flexibility index (Phi) is 3.69. The van der Waals surface area contributed by atoms with Crippen molar-refractivity contribution in [2.24, 2.45) is 0 Å². The van der Waals surface area contributed by atoms with Crippen molar-refractivity contribution >= 4 is 0 Å². The second-order valence-electron chi connectivity index (χ2n) is 7.69. The minimum absolute atomic E-state index is 0.211. The normalized spacial score (nSPS) is 41.7. The summed E-state index contributed by atoms with van der Waals surface area (Å²) < 4.78 is 0.